The van der Waals surface area contributed by atoms with Crippen LogP contribution in [0.4, 0.5) is 0 Å². The normalized spacial score (nSPS) is 19.2. The molecule has 1 fully saturated rings. The Morgan fingerprint density at radius 2 is 1.89 bits per heavy atom. The van der Waals surface area contributed by atoms with E-state index in [2.05, 4.69) is 4.72 Å². The summed E-state index contributed by atoms with van der Waals surface area (Å²) in [5, 5.41) is 1.78. The molecule has 27 heavy (non-hydrogen) atoms. The standard InChI is InChI=1S/C18H24N2O4S3/c1-15-9-11-25-18(15)27(23,24)20-10-5-8-17(13-20)12-19-26(21,22)14-16-6-3-2-4-7-16/h2-4,6-7,9,11,17,19H,5,8,10,12-14H2,1H3/t17-/m1/s1. The van der Waals surface area contributed by atoms with Crippen molar-refractivity contribution < 1.29 is 16.8 Å². The predicted molar refractivity (Wildman–Crippen MR) is 108 cm³/mol. The molecular weight excluding hydrogens is 404 g/mol. The Bertz CT molecular complexity index is 969. The molecule has 1 aliphatic heterocycles. The summed E-state index contributed by atoms with van der Waals surface area (Å²) in [5.41, 5.74) is 1.48. The lowest BCUT2D eigenvalue weighted by Gasteiger charge is -2.31. The van der Waals surface area contributed by atoms with Crippen LogP contribution in [0.25, 0.3) is 0 Å². The van der Waals surface area contributed by atoms with Crippen LogP contribution in [-0.2, 0) is 25.8 Å². The summed E-state index contributed by atoms with van der Waals surface area (Å²) in [4.78, 5) is 0. The van der Waals surface area contributed by atoms with Crippen LogP contribution in [0, 0.1) is 12.8 Å². The zero-order chi connectivity index (χ0) is 19.5. The Balaban J connectivity index is 1.61. The molecule has 1 atom stereocenters. The molecular formula is C18H24N2O4S3. The van der Waals surface area contributed by atoms with Gasteiger partial charge >= 0.3 is 0 Å². The largest absolute Gasteiger partial charge is 0.252 e. The van der Waals surface area contributed by atoms with E-state index in [0.29, 0.717) is 17.3 Å². The summed E-state index contributed by atoms with van der Waals surface area (Å²) >= 11 is 1.23. The van der Waals surface area contributed by atoms with Crippen LogP contribution < -0.4 is 4.72 Å². The molecule has 0 amide bonds. The third kappa shape index (κ3) is 5.17. The van der Waals surface area contributed by atoms with Gasteiger partial charge in [-0.1, -0.05) is 30.3 Å². The van der Waals surface area contributed by atoms with E-state index in [1.807, 2.05) is 6.07 Å². The molecule has 1 N–H and O–H groups in total. The highest BCUT2D eigenvalue weighted by Gasteiger charge is 2.32. The molecule has 0 bridgehead atoms. The maximum atomic E-state index is 12.9. The topological polar surface area (TPSA) is 83.6 Å². The summed E-state index contributed by atoms with van der Waals surface area (Å²) in [6.07, 6.45) is 1.54. The highest BCUT2D eigenvalue weighted by Crippen LogP contribution is 2.29. The third-order valence-electron chi connectivity index (χ3n) is 4.66. The second-order valence-electron chi connectivity index (χ2n) is 6.86. The van der Waals surface area contributed by atoms with Crippen molar-refractivity contribution in [3.05, 3.63) is 52.9 Å². The summed E-state index contributed by atoms with van der Waals surface area (Å²) in [7, 11) is -6.96. The first-order chi connectivity index (χ1) is 12.8. The lowest BCUT2D eigenvalue weighted by atomic mass is 10.0. The number of hydrogen-bond donors (Lipinski definition) is 1. The Morgan fingerprint density at radius 1 is 1.15 bits per heavy atom. The molecule has 148 valence electrons. The molecule has 9 heteroatoms. The van der Waals surface area contributed by atoms with Gasteiger partial charge in [-0.05, 0) is 48.3 Å². The second-order valence-corrected chi connectivity index (χ2v) is 11.7. The van der Waals surface area contributed by atoms with E-state index in [0.717, 1.165) is 24.0 Å². The van der Waals surface area contributed by atoms with Crippen LogP contribution in [0.5, 0.6) is 0 Å². The molecule has 0 saturated carbocycles. The molecule has 1 aromatic heterocycles. The number of nitrogens with zero attached hydrogens (tertiary/aromatic N) is 1. The van der Waals surface area contributed by atoms with Crippen molar-refractivity contribution in [3.8, 4) is 0 Å². The van der Waals surface area contributed by atoms with Gasteiger partial charge in [0.05, 0.1) is 5.75 Å². The smallest absolute Gasteiger partial charge is 0.215 e. The van der Waals surface area contributed by atoms with Crippen molar-refractivity contribution in [2.75, 3.05) is 19.6 Å². The number of hydrogen-bond acceptors (Lipinski definition) is 5. The van der Waals surface area contributed by atoms with Crippen LogP contribution in [-0.4, -0.2) is 40.8 Å². The van der Waals surface area contributed by atoms with Crippen molar-refractivity contribution in [2.45, 2.75) is 29.7 Å². The lowest BCUT2D eigenvalue weighted by Crippen LogP contribution is -2.43. The summed E-state index contributed by atoms with van der Waals surface area (Å²) in [5.74, 6) is -0.101. The fourth-order valence-electron chi connectivity index (χ4n) is 3.24. The fraction of sp³-hybridized carbons (Fsp3) is 0.444. The molecule has 2 heterocycles. The van der Waals surface area contributed by atoms with E-state index in [1.165, 1.54) is 15.6 Å². The van der Waals surface area contributed by atoms with Gasteiger partial charge in [0.15, 0.2) is 0 Å². The van der Waals surface area contributed by atoms with Crippen molar-refractivity contribution in [2.24, 2.45) is 5.92 Å². The monoisotopic (exact) mass is 428 g/mol. The summed E-state index contributed by atoms with van der Waals surface area (Å²) in [6, 6.07) is 10.8. The van der Waals surface area contributed by atoms with Crippen LogP contribution in [0.2, 0.25) is 0 Å². The predicted octanol–water partition coefficient (Wildman–Crippen LogP) is 2.58. The van der Waals surface area contributed by atoms with Gasteiger partial charge in [-0.3, -0.25) is 0 Å². The first-order valence-corrected chi connectivity index (χ1v) is 12.8. The van der Waals surface area contributed by atoms with Gasteiger partial charge in [-0.15, -0.1) is 11.3 Å². The molecule has 0 aliphatic carbocycles. The number of sulfonamides is 2. The Kier molecular flexibility index (Phi) is 6.37. The minimum atomic E-state index is -3.51. The van der Waals surface area contributed by atoms with Gasteiger partial charge in [-0.25, -0.2) is 21.6 Å². The van der Waals surface area contributed by atoms with Gasteiger partial charge in [0.25, 0.3) is 10.0 Å². The molecule has 0 spiro atoms. The Morgan fingerprint density at radius 3 is 2.56 bits per heavy atom. The molecule has 1 aliphatic rings. The zero-order valence-electron chi connectivity index (χ0n) is 15.2. The van der Waals surface area contributed by atoms with Crippen LogP contribution >= 0.6 is 11.3 Å². The maximum absolute atomic E-state index is 12.9. The van der Waals surface area contributed by atoms with Crippen LogP contribution in [0.1, 0.15) is 24.0 Å². The fourth-order valence-corrected chi connectivity index (χ4v) is 7.57. The average molecular weight is 429 g/mol. The minimum absolute atomic E-state index is 0.0284. The van der Waals surface area contributed by atoms with Crippen LogP contribution in [0.3, 0.4) is 0 Å². The number of nitrogens with one attached hydrogen (secondary N) is 1. The summed E-state index contributed by atoms with van der Waals surface area (Å²) < 4.78 is 54.9. The number of piperidine rings is 1. The third-order valence-corrected chi connectivity index (χ3v) is 9.51. The quantitative estimate of drug-likeness (QED) is 0.735. The maximum Gasteiger partial charge on any atom is 0.252 e. The van der Waals surface area contributed by atoms with Crippen LogP contribution in [0.15, 0.2) is 46.0 Å². The Hall–Kier alpha value is -1.26. The van der Waals surface area contributed by atoms with E-state index in [-0.39, 0.29) is 18.2 Å². The van der Waals surface area contributed by atoms with E-state index in [9.17, 15) is 16.8 Å². The first kappa shape index (κ1) is 20.5. The molecule has 0 unspecified atom stereocenters. The number of thiophene rings is 1. The molecule has 6 nitrogen and oxygen atoms in total. The molecule has 0 radical (unpaired) electrons. The van der Waals surface area contributed by atoms with Crippen molar-refractivity contribution >= 4 is 31.4 Å². The van der Waals surface area contributed by atoms with Crippen molar-refractivity contribution in [1.82, 2.24) is 9.03 Å². The highest BCUT2D eigenvalue weighted by molar-refractivity contribution is 7.91. The van der Waals surface area contributed by atoms with E-state index in [1.54, 1.807) is 42.6 Å². The molecule has 1 saturated heterocycles. The number of benzene rings is 1. The van der Waals surface area contributed by atoms with Gasteiger partial charge in [0.1, 0.15) is 4.21 Å². The number of rotatable bonds is 7. The van der Waals surface area contributed by atoms with Gasteiger partial charge in [-0.2, -0.15) is 4.31 Å². The average Bonchev–Trinajstić information content (AvgIpc) is 3.08. The lowest BCUT2D eigenvalue weighted by molar-refractivity contribution is 0.267. The minimum Gasteiger partial charge on any atom is -0.215 e. The van der Waals surface area contributed by atoms with Gasteiger partial charge < -0.3 is 0 Å². The second kappa shape index (κ2) is 8.40. The molecule has 1 aromatic carbocycles. The molecule has 2 aromatic rings. The van der Waals surface area contributed by atoms with Gasteiger partial charge in [0.2, 0.25) is 10.0 Å². The Labute approximate surface area is 165 Å². The van der Waals surface area contributed by atoms with Gasteiger partial charge in [0, 0.05) is 19.6 Å². The van der Waals surface area contributed by atoms with Crippen molar-refractivity contribution in [3.63, 3.8) is 0 Å². The SMILES string of the molecule is Cc1ccsc1S(=O)(=O)N1CCC[C@H](CNS(=O)(=O)Cc2ccccc2)C1. The van der Waals surface area contributed by atoms with E-state index in [4.69, 9.17) is 0 Å². The first-order valence-electron chi connectivity index (χ1n) is 8.83. The highest BCUT2D eigenvalue weighted by atomic mass is 32.2. The van der Waals surface area contributed by atoms with Crippen molar-refractivity contribution in [1.29, 1.82) is 0 Å². The molecule has 3 rings (SSSR count). The van der Waals surface area contributed by atoms with E-state index >= 15 is 0 Å². The zero-order valence-corrected chi connectivity index (χ0v) is 17.6. The number of aryl methyl sites for hydroxylation is 1. The van der Waals surface area contributed by atoms with E-state index < -0.39 is 20.0 Å². The summed E-state index contributed by atoms with van der Waals surface area (Å²) in [6.45, 7) is 2.87.